The average Bonchev–Trinajstić information content (AvgIpc) is 2.15. The average molecular weight is 277 g/mol. The minimum absolute atomic E-state index is 0.282. The molecule has 0 aliphatic heterocycles. The van der Waals surface area contributed by atoms with Crippen LogP contribution in [0.3, 0.4) is 0 Å². The van der Waals surface area contributed by atoms with Gasteiger partial charge in [0.15, 0.2) is 0 Å². The highest BCUT2D eigenvalue weighted by atomic mass is 79.9. The summed E-state index contributed by atoms with van der Waals surface area (Å²) < 4.78 is 18.7. The zero-order valence-electron chi connectivity index (χ0n) is 7.41. The van der Waals surface area contributed by atoms with Crippen LogP contribution in [0.25, 0.3) is 0 Å². The first-order valence-electron chi connectivity index (χ1n) is 4.07. The number of thiol groups is 1. The molecule has 0 saturated carbocycles. The summed E-state index contributed by atoms with van der Waals surface area (Å²) in [6.07, 6.45) is 3.75. The molecule has 76 valence electrons. The van der Waals surface area contributed by atoms with Gasteiger partial charge in [0.05, 0.1) is 4.47 Å². The van der Waals surface area contributed by atoms with E-state index in [0.717, 1.165) is 0 Å². The lowest BCUT2D eigenvalue weighted by Gasteiger charge is -2.05. The molecule has 1 aromatic carbocycles. The summed E-state index contributed by atoms with van der Waals surface area (Å²) in [4.78, 5) is 0. The number of rotatable bonds is 4. The van der Waals surface area contributed by atoms with E-state index in [1.54, 1.807) is 6.07 Å². The Hall–Kier alpha value is -0.480. The lowest BCUT2D eigenvalue weighted by atomic mass is 10.3. The number of halogens is 2. The Kier molecular flexibility index (Phi) is 5.04. The second kappa shape index (κ2) is 6.09. The SMILES string of the molecule is Fc1ccc(OCC=CCS)c(Br)c1. The molecule has 0 N–H and O–H groups in total. The van der Waals surface area contributed by atoms with Crippen molar-refractivity contribution in [3.05, 3.63) is 40.6 Å². The van der Waals surface area contributed by atoms with Gasteiger partial charge in [0.1, 0.15) is 18.2 Å². The molecule has 1 nitrogen and oxygen atoms in total. The van der Waals surface area contributed by atoms with Crippen molar-refractivity contribution in [1.29, 1.82) is 0 Å². The van der Waals surface area contributed by atoms with Gasteiger partial charge in [-0.15, -0.1) is 0 Å². The molecule has 0 bridgehead atoms. The van der Waals surface area contributed by atoms with E-state index in [1.165, 1.54) is 12.1 Å². The quantitative estimate of drug-likeness (QED) is 0.655. The molecular weight excluding hydrogens is 267 g/mol. The monoisotopic (exact) mass is 276 g/mol. The van der Waals surface area contributed by atoms with E-state index in [9.17, 15) is 4.39 Å². The highest BCUT2D eigenvalue weighted by Crippen LogP contribution is 2.25. The van der Waals surface area contributed by atoms with Crippen LogP contribution in [0.4, 0.5) is 4.39 Å². The number of hydrogen-bond acceptors (Lipinski definition) is 2. The molecule has 1 aromatic rings. The molecule has 0 atom stereocenters. The van der Waals surface area contributed by atoms with Crippen LogP contribution in [0.15, 0.2) is 34.8 Å². The number of ether oxygens (including phenoxy) is 1. The summed E-state index contributed by atoms with van der Waals surface area (Å²) in [5.41, 5.74) is 0. The summed E-state index contributed by atoms with van der Waals surface area (Å²) in [5.74, 6) is 1.04. The fourth-order valence-electron chi connectivity index (χ4n) is 0.873. The number of hydrogen-bond donors (Lipinski definition) is 1. The first kappa shape index (κ1) is 11.6. The molecule has 0 spiro atoms. The number of benzene rings is 1. The van der Waals surface area contributed by atoms with Crippen LogP contribution in [-0.4, -0.2) is 12.4 Å². The van der Waals surface area contributed by atoms with Gasteiger partial charge in [-0.1, -0.05) is 12.2 Å². The van der Waals surface area contributed by atoms with Gasteiger partial charge in [-0.05, 0) is 34.1 Å². The van der Waals surface area contributed by atoms with E-state index < -0.39 is 0 Å². The van der Waals surface area contributed by atoms with E-state index in [-0.39, 0.29) is 5.82 Å². The van der Waals surface area contributed by atoms with Gasteiger partial charge in [0.2, 0.25) is 0 Å². The van der Waals surface area contributed by atoms with Crippen LogP contribution >= 0.6 is 28.6 Å². The van der Waals surface area contributed by atoms with Gasteiger partial charge in [-0.3, -0.25) is 0 Å². The minimum atomic E-state index is -0.282. The maximum Gasteiger partial charge on any atom is 0.134 e. The van der Waals surface area contributed by atoms with Gasteiger partial charge in [0, 0.05) is 5.75 Å². The van der Waals surface area contributed by atoms with Crippen molar-refractivity contribution in [1.82, 2.24) is 0 Å². The first-order valence-corrected chi connectivity index (χ1v) is 5.50. The van der Waals surface area contributed by atoms with Crippen LogP contribution in [0.2, 0.25) is 0 Å². The normalized spacial score (nSPS) is 10.8. The van der Waals surface area contributed by atoms with Gasteiger partial charge in [-0.2, -0.15) is 12.6 Å². The van der Waals surface area contributed by atoms with E-state index in [4.69, 9.17) is 4.74 Å². The fourth-order valence-corrected chi connectivity index (χ4v) is 1.49. The van der Waals surface area contributed by atoms with E-state index >= 15 is 0 Å². The zero-order chi connectivity index (χ0) is 10.4. The fraction of sp³-hybridized carbons (Fsp3) is 0.200. The van der Waals surface area contributed by atoms with Crippen LogP contribution < -0.4 is 4.74 Å². The third-order valence-electron chi connectivity index (χ3n) is 1.50. The second-order valence-corrected chi connectivity index (χ2v) is 3.76. The van der Waals surface area contributed by atoms with Crippen molar-refractivity contribution < 1.29 is 9.13 Å². The van der Waals surface area contributed by atoms with Gasteiger partial charge in [0.25, 0.3) is 0 Å². The summed E-state index contributed by atoms with van der Waals surface area (Å²) >= 11 is 7.23. The predicted molar refractivity (Wildman–Crippen MR) is 62.6 cm³/mol. The van der Waals surface area contributed by atoms with E-state index in [0.29, 0.717) is 22.6 Å². The molecule has 0 aliphatic carbocycles. The molecule has 0 heterocycles. The van der Waals surface area contributed by atoms with Crippen molar-refractivity contribution in [3.8, 4) is 5.75 Å². The molecule has 0 aliphatic rings. The van der Waals surface area contributed by atoms with Crippen molar-refractivity contribution >= 4 is 28.6 Å². The maximum atomic E-state index is 12.7. The Morgan fingerprint density at radius 3 is 2.86 bits per heavy atom. The topological polar surface area (TPSA) is 9.23 Å². The Morgan fingerprint density at radius 1 is 1.43 bits per heavy atom. The third kappa shape index (κ3) is 3.72. The van der Waals surface area contributed by atoms with Crippen molar-refractivity contribution in [2.75, 3.05) is 12.4 Å². The summed E-state index contributed by atoms with van der Waals surface area (Å²) in [5, 5.41) is 0. The highest BCUT2D eigenvalue weighted by Gasteiger charge is 2.00. The minimum Gasteiger partial charge on any atom is -0.488 e. The van der Waals surface area contributed by atoms with Crippen LogP contribution in [0.5, 0.6) is 5.75 Å². The standard InChI is InChI=1S/C10H10BrFOS/c11-9-7-8(12)3-4-10(9)13-5-1-2-6-14/h1-4,7,14H,5-6H2. The van der Waals surface area contributed by atoms with Gasteiger partial charge in [-0.25, -0.2) is 4.39 Å². The zero-order valence-corrected chi connectivity index (χ0v) is 9.89. The summed E-state index contributed by atoms with van der Waals surface area (Å²) in [6, 6.07) is 4.33. The lowest BCUT2D eigenvalue weighted by molar-refractivity contribution is 0.359. The van der Waals surface area contributed by atoms with Crippen molar-refractivity contribution in [2.45, 2.75) is 0 Å². The Morgan fingerprint density at radius 2 is 2.21 bits per heavy atom. The van der Waals surface area contributed by atoms with Crippen molar-refractivity contribution in [2.24, 2.45) is 0 Å². The van der Waals surface area contributed by atoms with Crippen LogP contribution in [0, 0.1) is 5.82 Å². The molecule has 0 radical (unpaired) electrons. The maximum absolute atomic E-state index is 12.7. The molecule has 1 rings (SSSR count). The van der Waals surface area contributed by atoms with E-state index in [1.807, 2.05) is 12.2 Å². The molecule has 0 fully saturated rings. The third-order valence-corrected chi connectivity index (χ3v) is 2.33. The first-order chi connectivity index (χ1) is 6.74. The lowest BCUT2D eigenvalue weighted by Crippen LogP contribution is -1.94. The second-order valence-electron chi connectivity index (χ2n) is 2.54. The molecule has 0 unspecified atom stereocenters. The van der Waals surface area contributed by atoms with Crippen molar-refractivity contribution in [3.63, 3.8) is 0 Å². The highest BCUT2D eigenvalue weighted by molar-refractivity contribution is 9.10. The molecule has 0 saturated heterocycles. The summed E-state index contributed by atoms with van der Waals surface area (Å²) in [6.45, 7) is 0.463. The van der Waals surface area contributed by atoms with Crippen LogP contribution in [0.1, 0.15) is 0 Å². The van der Waals surface area contributed by atoms with E-state index in [2.05, 4.69) is 28.6 Å². The van der Waals surface area contributed by atoms with Crippen LogP contribution in [-0.2, 0) is 0 Å². The molecule has 4 heteroatoms. The van der Waals surface area contributed by atoms with Gasteiger partial charge < -0.3 is 4.74 Å². The molecular formula is C10H10BrFOS. The summed E-state index contributed by atoms with van der Waals surface area (Å²) in [7, 11) is 0. The molecule has 0 amide bonds. The Balaban J connectivity index is 2.55. The molecule has 0 aromatic heterocycles. The Labute approximate surface area is 96.5 Å². The largest absolute Gasteiger partial charge is 0.488 e. The predicted octanol–water partition coefficient (Wildman–Crippen LogP) is 3.45. The molecule has 14 heavy (non-hydrogen) atoms. The Bertz CT molecular complexity index is 328. The van der Waals surface area contributed by atoms with Gasteiger partial charge >= 0.3 is 0 Å². The smallest absolute Gasteiger partial charge is 0.134 e.